The maximum absolute atomic E-state index is 11.0. The summed E-state index contributed by atoms with van der Waals surface area (Å²) < 4.78 is 0. The van der Waals surface area contributed by atoms with E-state index in [1.54, 1.807) is 6.07 Å². The first-order valence-corrected chi connectivity index (χ1v) is 5.32. The van der Waals surface area contributed by atoms with Gasteiger partial charge in [0.25, 0.3) is 5.69 Å². The molecule has 8 nitrogen and oxygen atoms in total. The third-order valence-electron chi connectivity index (χ3n) is 2.41. The normalized spacial score (nSPS) is 11.8. The maximum Gasteiger partial charge on any atom is 0.321 e. The summed E-state index contributed by atoms with van der Waals surface area (Å²) in [6.45, 7) is -0.530. The van der Waals surface area contributed by atoms with Gasteiger partial charge in [-0.1, -0.05) is 18.2 Å². The lowest BCUT2D eigenvalue weighted by Crippen LogP contribution is -2.41. The highest BCUT2D eigenvalue weighted by Gasteiger charge is 2.22. The quantitative estimate of drug-likeness (QED) is 0.477. The summed E-state index contributed by atoms with van der Waals surface area (Å²) in [5.41, 5.74) is 0.0451. The van der Waals surface area contributed by atoms with Crippen molar-refractivity contribution >= 4 is 17.6 Å². The van der Waals surface area contributed by atoms with E-state index in [-0.39, 0.29) is 17.7 Å². The van der Waals surface area contributed by atoms with E-state index in [0.717, 1.165) is 0 Å². The number of carboxylic acid groups (broad SMARTS) is 2. The molecule has 1 unspecified atom stereocenters. The number of carbonyl (C=O) groups is 2. The van der Waals surface area contributed by atoms with Crippen molar-refractivity contribution in [2.24, 2.45) is 0 Å². The number of aliphatic carboxylic acids is 2. The highest BCUT2D eigenvalue weighted by molar-refractivity contribution is 5.76. The van der Waals surface area contributed by atoms with Crippen LogP contribution in [0, 0.1) is 10.1 Å². The molecule has 0 saturated heterocycles. The Morgan fingerprint density at radius 2 is 1.95 bits per heavy atom. The Bertz CT molecular complexity index is 502. The molecule has 0 aromatic heterocycles. The van der Waals surface area contributed by atoms with E-state index >= 15 is 0 Å². The molecule has 0 bridgehead atoms. The molecule has 0 fully saturated rings. The number of nitro groups is 1. The SMILES string of the molecule is O=C(O)CNC(Cc1ccccc1[N+](=O)[O-])C(=O)O. The van der Waals surface area contributed by atoms with Crippen molar-refractivity contribution in [3.63, 3.8) is 0 Å². The minimum Gasteiger partial charge on any atom is -0.480 e. The number of rotatable bonds is 7. The Kier molecular flexibility index (Phi) is 4.95. The number of carboxylic acids is 2. The van der Waals surface area contributed by atoms with Gasteiger partial charge >= 0.3 is 11.9 Å². The van der Waals surface area contributed by atoms with Gasteiger partial charge in [-0.3, -0.25) is 25.0 Å². The van der Waals surface area contributed by atoms with Crippen LogP contribution in [0.3, 0.4) is 0 Å². The maximum atomic E-state index is 11.0. The predicted octanol–water partition coefficient (Wildman–Crippen LogP) is 0.265. The number of nitrogens with zero attached hydrogens (tertiary/aromatic N) is 1. The second kappa shape index (κ2) is 6.45. The van der Waals surface area contributed by atoms with Crippen molar-refractivity contribution in [2.45, 2.75) is 12.5 Å². The monoisotopic (exact) mass is 268 g/mol. The molecule has 102 valence electrons. The van der Waals surface area contributed by atoms with Gasteiger partial charge in [0, 0.05) is 18.1 Å². The Balaban J connectivity index is 2.87. The first-order valence-electron chi connectivity index (χ1n) is 5.32. The third-order valence-corrected chi connectivity index (χ3v) is 2.41. The molecule has 0 amide bonds. The third kappa shape index (κ3) is 4.36. The van der Waals surface area contributed by atoms with E-state index < -0.39 is 29.4 Å². The Morgan fingerprint density at radius 3 is 2.47 bits per heavy atom. The fourth-order valence-corrected chi connectivity index (χ4v) is 1.54. The lowest BCUT2D eigenvalue weighted by Gasteiger charge is -2.13. The van der Waals surface area contributed by atoms with Gasteiger partial charge in [0.1, 0.15) is 6.04 Å². The predicted molar refractivity (Wildman–Crippen MR) is 63.9 cm³/mol. The summed E-state index contributed by atoms with van der Waals surface area (Å²) >= 11 is 0. The van der Waals surface area contributed by atoms with Crippen LogP contribution in [0.25, 0.3) is 0 Å². The van der Waals surface area contributed by atoms with Gasteiger partial charge in [-0.2, -0.15) is 0 Å². The van der Waals surface area contributed by atoms with Gasteiger partial charge in [-0.05, 0) is 0 Å². The number of nitro benzene ring substituents is 1. The summed E-state index contributed by atoms with van der Waals surface area (Å²) in [6.07, 6.45) is -0.167. The number of benzene rings is 1. The summed E-state index contributed by atoms with van der Waals surface area (Å²) in [4.78, 5) is 31.5. The zero-order chi connectivity index (χ0) is 14.4. The van der Waals surface area contributed by atoms with Gasteiger partial charge in [-0.25, -0.2) is 0 Å². The van der Waals surface area contributed by atoms with Crippen LogP contribution in [0.15, 0.2) is 24.3 Å². The van der Waals surface area contributed by atoms with E-state index in [1.807, 2.05) is 0 Å². The second-order valence-electron chi connectivity index (χ2n) is 3.76. The van der Waals surface area contributed by atoms with E-state index in [2.05, 4.69) is 5.32 Å². The fraction of sp³-hybridized carbons (Fsp3) is 0.273. The van der Waals surface area contributed by atoms with Gasteiger partial charge in [-0.15, -0.1) is 0 Å². The van der Waals surface area contributed by atoms with E-state index in [1.165, 1.54) is 18.2 Å². The molecular formula is C11H12N2O6. The number of para-hydroxylation sites is 1. The van der Waals surface area contributed by atoms with E-state index in [0.29, 0.717) is 0 Å². The van der Waals surface area contributed by atoms with Crippen LogP contribution in [-0.4, -0.2) is 39.7 Å². The molecule has 0 aliphatic rings. The molecule has 0 aliphatic carbocycles. The van der Waals surface area contributed by atoms with Gasteiger partial charge in [0.05, 0.1) is 11.5 Å². The summed E-state index contributed by atoms with van der Waals surface area (Å²) in [7, 11) is 0. The Labute approximate surface area is 107 Å². The lowest BCUT2D eigenvalue weighted by molar-refractivity contribution is -0.385. The first-order chi connectivity index (χ1) is 8.91. The van der Waals surface area contributed by atoms with Crippen LogP contribution in [0.2, 0.25) is 0 Å². The zero-order valence-electron chi connectivity index (χ0n) is 9.78. The highest BCUT2D eigenvalue weighted by Crippen LogP contribution is 2.19. The summed E-state index contributed by atoms with van der Waals surface area (Å²) in [6, 6.07) is 4.54. The van der Waals surface area contributed by atoms with Crippen molar-refractivity contribution in [2.75, 3.05) is 6.54 Å². The minimum absolute atomic E-state index is 0.167. The van der Waals surface area contributed by atoms with E-state index in [4.69, 9.17) is 10.2 Å². The topological polar surface area (TPSA) is 130 Å². The molecule has 1 atom stereocenters. The van der Waals surface area contributed by atoms with Crippen LogP contribution < -0.4 is 5.32 Å². The van der Waals surface area contributed by atoms with Crippen LogP contribution in [0.4, 0.5) is 5.69 Å². The standard InChI is InChI=1S/C11H12N2O6/c14-10(15)6-12-8(11(16)17)5-7-3-1-2-4-9(7)13(18)19/h1-4,8,12H,5-6H2,(H,14,15)(H,16,17). The van der Waals surface area contributed by atoms with Gasteiger partial charge in [0.2, 0.25) is 0 Å². The summed E-state index contributed by atoms with van der Waals surface area (Å²) in [5, 5.41) is 30.5. The smallest absolute Gasteiger partial charge is 0.321 e. The largest absolute Gasteiger partial charge is 0.480 e. The minimum atomic E-state index is -1.26. The number of nitrogens with one attached hydrogen (secondary N) is 1. The molecule has 1 aromatic rings. The second-order valence-corrected chi connectivity index (χ2v) is 3.76. The van der Waals surface area contributed by atoms with Gasteiger partial charge < -0.3 is 10.2 Å². The molecule has 0 heterocycles. The molecule has 1 rings (SSSR count). The van der Waals surface area contributed by atoms with Crippen molar-refractivity contribution < 1.29 is 24.7 Å². The average molecular weight is 268 g/mol. The lowest BCUT2D eigenvalue weighted by atomic mass is 10.0. The Hall–Kier alpha value is -2.48. The van der Waals surface area contributed by atoms with E-state index in [9.17, 15) is 19.7 Å². The number of hydrogen-bond acceptors (Lipinski definition) is 5. The highest BCUT2D eigenvalue weighted by atomic mass is 16.6. The fourth-order valence-electron chi connectivity index (χ4n) is 1.54. The van der Waals surface area contributed by atoms with Gasteiger partial charge in [0.15, 0.2) is 0 Å². The van der Waals surface area contributed by atoms with Crippen molar-refractivity contribution in [1.82, 2.24) is 5.32 Å². The number of hydrogen-bond donors (Lipinski definition) is 3. The van der Waals surface area contributed by atoms with Crippen LogP contribution >= 0.6 is 0 Å². The van der Waals surface area contributed by atoms with Crippen molar-refractivity contribution in [3.8, 4) is 0 Å². The molecule has 19 heavy (non-hydrogen) atoms. The molecule has 0 spiro atoms. The molecular weight excluding hydrogens is 256 g/mol. The molecule has 1 aromatic carbocycles. The van der Waals surface area contributed by atoms with Crippen LogP contribution in [0.1, 0.15) is 5.56 Å². The Morgan fingerprint density at radius 1 is 1.32 bits per heavy atom. The first kappa shape index (κ1) is 14.6. The molecule has 0 aliphatic heterocycles. The molecule has 0 saturated carbocycles. The molecule has 3 N–H and O–H groups in total. The van der Waals surface area contributed by atoms with Crippen molar-refractivity contribution in [3.05, 3.63) is 39.9 Å². The summed E-state index contributed by atoms with van der Waals surface area (Å²) in [5.74, 6) is -2.46. The zero-order valence-corrected chi connectivity index (χ0v) is 9.78. The van der Waals surface area contributed by atoms with Crippen molar-refractivity contribution in [1.29, 1.82) is 0 Å². The van der Waals surface area contributed by atoms with Crippen LogP contribution in [-0.2, 0) is 16.0 Å². The molecule has 8 heteroatoms. The van der Waals surface area contributed by atoms with Crippen LogP contribution in [0.5, 0.6) is 0 Å². The average Bonchev–Trinajstić information content (AvgIpc) is 2.34. The molecule has 0 radical (unpaired) electrons.